The average molecular weight is 328 g/mol. The van der Waals surface area contributed by atoms with E-state index in [9.17, 15) is 9.59 Å². The van der Waals surface area contributed by atoms with Gasteiger partial charge in [-0.2, -0.15) is 4.98 Å². The largest absolute Gasteiger partial charge is 0.338 e. The fourth-order valence-corrected chi connectivity index (χ4v) is 2.14. The SMILES string of the molecule is Cc1noc([C@H](C)NC(=O)C2=NCC(=O)N(c3ccccc3)N2)n1. The Morgan fingerprint density at radius 3 is 2.79 bits per heavy atom. The number of nitrogens with one attached hydrogen (secondary N) is 2. The molecule has 1 atom stereocenters. The van der Waals surface area contributed by atoms with Crippen molar-refractivity contribution in [1.82, 2.24) is 20.9 Å². The molecule has 2 N–H and O–H groups in total. The van der Waals surface area contributed by atoms with Gasteiger partial charge in [-0.1, -0.05) is 23.4 Å². The van der Waals surface area contributed by atoms with Gasteiger partial charge in [0.2, 0.25) is 11.7 Å². The summed E-state index contributed by atoms with van der Waals surface area (Å²) in [6.45, 7) is 3.30. The number of aliphatic imine (C=N–C) groups is 1. The first-order valence-electron chi connectivity index (χ1n) is 7.35. The van der Waals surface area contributed by atoms with Gasteiger partial charge >= 0.3 is 0 Å². The molecule has 0 spiro atoms. The Bertz CT molecular complexity index is 786. The normalized spacial score (nSPS) is 15.5. The molecule has 9 heteroatoms. The van der Waals surface area contributed by atoms with E-state index in [-0.39, 0.29) is 18.3 Å². The summed E-state index contributed by atoms with van der Waals surface area (Å²) in [6, 6.07) is 8.48. The highest BCUT2D eigenvalue weighted by Gasteiger charge is 2.27. The number of para-hydroxylation sites is 1. The molecule has 9 nitrogen and oxygen atoms in total. The lowest BCUT2D eigenvalue weighted by Crippen LogP contribution is -2.56. The maximum Gasteiger partial charge on any atom is 0.288 e. The summed E-state index contributed by atoms with van der Waals surface area (Å²) in [5.74, 6) is 0.111. The topological polar surface area (TPSA) is 113 Å². The number of anilines is 1. The predicted molar refractivity (Wildman–Crippen MR) is 85.0 cm³/mol. The van der Waals surface area contributed by atoms with E-state index in [1.54, 1.807) is 38.1 Å². The number of nitrogens with zero attached hydrogens (tertiary/aromatic N) is 4. The molecule has 3 rings (SSSR count). The van der Waals surface area contributed by atoms with Crippen molar-refractivity contribution in [3.63, 3.8) is 0 Å². The Labute approximate surface area is 137 Å². The first kappa shape index (κ1) is 15.7. The van der Waals surface area contributed by atoms with Gasteiger partial charge in [0.1, 0.15) is 12.6 Å². The smallest absolute Gasteiger partial charge is 0.288 e. The molecule has 24 heavy (non-hydrogen) atoms. The van der Waals surface area contributed by atoms with Crippen LogP contribution in [0.5, 0.6) is 0 Å². The number of amides is 2. The van der Waals surface area contributed by atoms with E-state index >= 15 is 0 Å². The van der Waals surface area contributed by atoms with E-state index in [2.05, 4.69) is 25.9 Å². The van der Waals surface area contributed by atoms with Crippen LogP contribution in [0.15, 0.2) is 39.8 Å². The lowest BCUT2D eigenvalue weighted by molar-refractivity contribution is -0.118. The van der Waals surface area contributed by atoms with Crippen LogP contribution >= 0.6 is 0 Å². The molecule has 0 bridgehead atoms. The summed E-state index contributed by atoms with van der Waals surface area (Å²) in [7, 11) is 0. The van der Waals surface area contributed by atoms with Gasteiger partial charge in [0.15, 0.2) is 5.82 Å². The molecule has 1 aliphatic rings. The maximum atomic E-state index is 12.3. The van der Waals surface area contributed by atoms with Gasteiger partial charge in [0.25, 0.3) is 11.8 Å². The highest BCUT2D eigenvalue weighted by molar-refractivity contribution is 6.39. The fourth-order valence-electron chi connectivity index (χ4n) is 2.14. The number of hydrogen-bond donors (Lipinski definition) is 2. The molecule has 0 unspecified atom stereocenters. The molecule has 1 aromatic heterocycles. The van der Waals surface area contributed by atoms with Crippen molar-refractivity contribution in [2.75, 3.05) is 11.6 Å². The third-order valence-electron chi connectivity index (χ3n) is 3.33. The first-order valence-corrected chi connectivity index (χ1v) is 7.35. The zero-order chi connectivity index (χ0) is 17.1. The molecular weight excluding hydrogens is 312 g/mol. The van der Waals surface area contributed by atoms with Crippen LogP contribution in [-0.4, -0.2) is 34.3 Å². The van der Waals surface area contributed by atoms with Gasteiger partial charge in [-0.05, 0) is 26.0 Å². The summed E-state index contributed by atoms with van der Waals surface area (Å²) >= 11 is 0. The number of hydrazine groups is 1. The number of aromatic nitrogens is 2. The summed E-state index contributed by atoms with van der Waals surface area (Å²) in [5.41, 5.74) is 3.36. The van der Waals surface area contributed by atoms with Crippen molar-refractivity contribution >= 4 is 23.3 Å². The number of carbonyl (C=O) groups excluding carboxylic acids is 2. The number of amidine groups is 1. The quantitative estimate of drug-likeness (QED) is 0.845. The van der Waals surface area contributed by atoms with E-state index in [4.69, 9.17) is 4.52 Å². The van der Waals surface area contributed by atoms with Crippen molar-refractivity contribution in [3.05, 3.63) is 42.0 Å². The Morgan fingerprint density at radius 1 is 1.38 bits per heavy atom. The van der Waals surface area contributed by atoms with Crippen molar-refractivity contribution in [3.8, 4) is 0 Å². The van der Waals surface area contributed by atoms with Crippen LogP contribution in [0, 0.1) is 6.92 Å². The second-order valence-corrected chi connectivity index (χ2v) is 5.22. The molecule has 0 saturated heterocycles. The first-order chi connectivity index (χ1) is 11.5. The highest BCUT2D eigenvalue weighted by Crippen LogP contribution is 2.14. The van der Waals surface area contributed by atoms with Crippen LogP contribution in [-0.2, 0) is 9.59 Å². The van der Waals surface area contributed by atoms with Crippen LogP contribution in [0.4, 0.5) is 5.69 Å². The molecule has 2 aromatic rings. The van der Waals surface area contributed by atoms with Crippen LogP contribution in [0.1, 0.15) is 24.7 Å². The minimum absolute atomic E-state index is 0.0431. The molecular formula is C15H16N6O3. The molecule has 1 aliphatic heterocycles. The van der Waals surface area contributed by atoms with Crippen LogP contribution < -0.4 is 15.8 Å². The van der Waals surface area contributed by atoms with Gasteiger partial charge in [-0.3, -0.25) is 20.0 Å². The predicted octanol–water partition coefficient (Wildman–Crippen LogP) is 0.505. The second-order valence-electron chi connectivity index (χ2n) is 5.22. The molecule has 0 radical (unpaired) electrons. The van der Waals surface area contributed by atoms with Crippen molar-refractivity contribution in [2.45, 2.75) is 19.9 Å². The monoisotopic (exact) mass is 328 g/mol. The van der Waals surface area contributed by atoms with E-state index in [0.29, 0.717) is 17.4 Å². The van der Waals surface area contributed by atoms with Crippen LogP contribution in [0.3, 0.4) is 0 Å². The van der Waals surface area contributed by atoms with Crippen molar-refractivity contribution < 1.29 is 14.1 Å². The lowest BCUT2D eigenvalue weighted by Gasteiger charge is -2.27. The minimum Gasteiger partial charge on any atom is -0.338 e. The average Bonchev–Trinajstić information content (AvgIpc) is 3.02. The minimum atomic E-state index is -0.481. The van der Waals surface area contributed by atoms with Crippen molar-refractivity contribution in [2.24, 2.45) is 4.99 Å². The second kappa shape index (κ2) is 6.49. The summed E-state index contributed by atoms with van der Waals surface area (Å²) in [5, 5.41) is 7.68. The van der Waals surface area contributed by atoms with E-state index in [1.165, 1.54) is 5.01 Å². The van der Waals surface area contributed by atoms with E-state index in [1.807, 2.05) is 6.07 Å². The summed E-state index contributed by atoms with van der Waals surface area (Å²) < 4.78 is 5.02. The van der Waals surface area contributed by atoms with Crippen molar-refractivity contribution in [1.29, 1.82) is 0 Å². The zero-order valence-electron chi connectivity index (χ0n) is 13.2. The lowest BCUT2D eigenvalue weighted by atomic mass is 10.3. The number of hydrogen-bond acceptors (Lipinski definition) is 7. The molecule has 0 saturated carbocycles. The van der Waals surface area contributed by atoms with Crippen LogP contribution in [0.2, 0.25) is 0 Å². The van der Waals surface area contributed by atoms with Gasteiger partial charge in [0, 0.05) is 0 Å². The van der Waals surface area contributed by atoms with E-state index in [0.717, 1.165) is 0 Å². The molecule has 124 valence electrons. The molecule has 0 aliphatic carbocycles. The standard InChI is InChI=1S/C15H16N6O3/c1-9(15-18-10(2)20-24-15)17-14(23)13-16-8-12(22)21(19-13)11-6-4-3-5-7-11/h3-7,9H,8H2,1-2H3,(H,16,19)(H,17,23)/t9-/m0/s1. The number of benzene rings is 1. The van der Waals surface area contributed by atoms with Crippen LogP contribution in [0.25, 0.3) is 0 Å². The number of carbonyl (C=O) groups is 2. The zero-order valence-corrected chi connectivity index (χ0v) is 13.2. The van der Waals surface area contributed by atoms with Gasteiger partial charge in [-0.25, -0.2) is 5.01 Å². The number of aryl methyl sites for hydroxylation is 1. The molecule has 0 fully saturated rings. The Hall–Kier alpha value is -3.23. The van der Waals surface area contributed by atoms with E-state index < -0.39 is 11.9 Å². The highest BCUT2D eigenvalue weighted by atomic mass is 16.5. The maximum absolute atomic E-state index is 12.3. The Balaban J connectivity index is 1.70. The Morgan fingerprint density at radius 2 is 2.12 bits per heavy atom. The Kier molecular flexibility index (Phi) is 4.23. The third kappa shape index (κ3) is 3.24. The van der Waals surface area contributed by atoms with Gasteiger partial charge in [-0.15, -0.1) is 0 Å². The summed E-state index contributed by atoms with van der Waals surface area (Å²) in [6.07, 6.45) is 0. The molecule has 2 amide bonds. The van der Waals surface area contributed by atoms with Gasteiger partial charge in [0.05, 0.1) is 5.69 Å². The van der Waals surface area contributed by atoms with Gasteiger partial charge < -0.3 is 9.84 Å². The molecule has 1 aromatic carbocycles. The summed E-state index contributed by atoms with van der Waals surface area (Å²) in [4.78, 5) is 32.4. The molecule has 2 heterocycles. The third-order valence-corrected chi connectivity index (χ3v) is 3.33. The number of rotatable bonds is 4. The fraction of sp³-hybridized carbons (Fsp3) is 0.267.